The van der Waals surface area contributed by atoms with E-state index in [1.54, 1.807) is 12.2 Å². The van der Waals surface area contributed by atoms with Crippen LogP contribution in [-0.2, 0) is 9.59 Å². The van der Waals surface area contributed by atoms with E-state index in [0.717, 1.165) is 6.08 Å². The number of hydrogen-bond donors (Lipinski definition) is 4. The Morgan fingerprint density at radius 3 is 2.33 bits per heavy atom. The van der Waals surface area contributed by atoms with Crippen molar-refractivity contribution in [1.82, 2.24) is 0 Å². The van der Waals surface area contributed by atoms with Crippen molar-refractivity contribution in [3.05, 3.63) is 36.0 Å². The normalized spacial score (nSPS) is 13.9. The third kappa shape index (κ3) is 8.86. The second kappa shape index (κ2) is 11.0. The van der Waals surface area contributed by atoms with Crippen LogP contribution in [0.1, 0.15) is 39.0 Å². The van der Waals surface area contributed by atoms with Crippen LogP contribution in [0.25, 0.3) is 0 Å². The van der Waals surface area contributed by atoms with Crippen LogP contribution >= 0.6 is 11.6 Å². The van der Waals surface area contributed by atoms with Crippen molar-refractivity contribution in [1.29, 1.82) is 0 Å². The third-order valence-corrected chi connectivity index (χ3v) is 3.72. The third-order valence-electron chi connectivity index (χ3n) is 3.50. The molecule has 4 N–H and O–H groups in total. The first-order valence-electron chi connectivity index (χ1n) is 7.63. The average molecular weight is 361 g/mol. The smallest absolute Gasteiger partial charge is 0.331 e. The van der Waals surface area contributed by atoms with Gasteiger partial charge in [-0.3, -0.25) is 0 Å². The lowest BCUT2D eigenvalue weighted by molar-refractivity contribution is -0.151. The molecule has 0 saturated heterocycles. The monoisotopic (exact) mass is 360 g/mol. The van der Waals surface area contributed by atoms with Gasteiger partial charge in [-0.15, -0.1) is 11.6 Å². The molecule has 0 saturated carbocycles. The number of halogens is 1. The van der Waals surface area contributed by atoms with Gasteiger partial charge in [0.2, 0.25) is 0 Å². The first kappa shape index (κ1) is 22.4. The minimum absolute atomic E-state index is 0.102. The van der Waals surface area contributed by atoms with Gasteiger partial charge in [-0.25, -0.2) is 9.59 Å². The number of aliphatic hydroxyl groups is 2. The molecule has 1 atom stereocenters. The summed E-state index contributed by atoms with van der Waals surface area (Å²) in [6.07, 6.45) is 6.48. The number of unbranched alkanes of at least 4 members (excludes halogenated alkanes) is 1. The minimum atomic E-state index is -2.31. The highest BCUT2D eigenvalue weighted by Crippen LogP contribution is 2.26. The fraction of sp³-hybridized carbons (Fsp3) is 0.529. The van der Waals surface area contributed by atoms with Gasteiger partial charge in [-0.1, -0.05) is 25.2 Å². The highest BCUT2D eigenvalue weighted by molar-refractivity contribution is 6.17. The minimum Gasteiger partial charge on any atom is -0.478 e. The molecule has 0 rings (SSSR count). The summed E-state index contributed by atoms with van der Waals surface area (Å²) in [5, 5.41) is 38.0. The molecule has 0 aromatic carbocycles. The SMILES string of the molecule is C=C(CCCCC(C=CCCCl)C(O)(O)C=C(C)C(=O)O)C(=O)O. The van der Waals surface area contributed by atoms with Gasteiger partial charge in [0.25, 0.3) is 0 Å². The highest BCUT2D eigenvalue weighted by Gasteiger charge is 2.30. The maximum absolute atomic E-state index is 10.9. The molecule has 0 aromatic rings. The van der Waals surface area contributed by atoms with Gasteiger partial charge in [0.15, 0.2) is 5.79 Å². The van der Waals surface area contributed by atoms with E-state index in [1.165, 1.54) is 6.92 Å². The van der Waals surface area contributed by atoms with Gasteiger partial charge in [0, 0.05) is 22.9 Å². The first-order chi connectivity index (χ1) is 11.1. The molecule has 0 aromatic heterocycles. The fourth-order valence-electron chi connectivity index (χ4n) is 2.07. The van der Waals surface area contributed by atoms with Gasteiger partial charge < -0.3 is 20.4 Å². The molecule has 0 aliphatic heterocycles. The van der Waals surface area contributed by atoms with Crippen LogP contribution in [0, 0.1) is 5.92 Å². The molecule has 0 spiro atoms. The van der Waals surface area contributed by atoms with Gasteiger partial charge in [0.1, 0.15) is 0 Å². The molecule has 6 nitrogen and oxygen atoms in total. The maximum Gasteiger partial charge on any atom is 0.331 e. The highest BCUT2D eigenvalue weighted by atomic mass is 35.5. The lowest BCUT2D eigenvalue weighted by Crippen LogP contribution is -2.35. The van der Waals surface area contributed by atoms with Crippen molar-refractivity contribution in [2.24, 2.45) is 5.92 Å². The Labute approximate surface area is 146 Å². The topological polar surface area (TPSA) is 115 Å². The van der Waals surface area contributed by atoms with Gasteiger partial charge in [0.05, 0.1) is 0 Å². The van der Waals surface area contributed by atoms with E-state index < -0.39 is 23.6 Å². The van der Waals surface area contributed by atoms with Crippen molar-refractivity contribution in [3.63, 3.8) is 0 Å². The summed E-state index contributed by atoms with van der Waals surface area (Å²) in [6.45, 7) is 4.72. The summed E-state index contributed by atoms with van der Waals surface area (Å²) in [6, 6.07) is 0. The average Bonchev–Trinajstić information content (AvgIpc) is 2.48. The number of aliphatic carboxylic acids is 2. The molecule has 136 valence electrons. The maximum atomic E-state index is 10.9. The fourth-order valence-corrected chi connectivity index (χ4v) is 2.20. The second-order valence-electron chi connectivity index (χ2n) is 5.58. The molecule has 7 heteroatoms. The standard InChI is InChI=1S/C17H25ClO6/c1-12(15(19)20)7-3-4-8-14(9-5-6-10-18)17(23,24)11-13(2)16(21)22/h5,9,11,14,23-24H,1,3-4,6-8,10H2,2H3,(H,19,20)(H,21,22). The summed E-state index contributed by atoms with van der Waals surface area (Å²) < 4.78 is 0. The summed E-state index contributed by atoms with van der Waals surface area (Å²) in [5.74, 6) is -4.94. The number of rotatable bonds is 12. The zero-order chi connectivity index (χ0) is 18.8. The predicted molar refractivity (Wildman–Crippen MR) is 91.8 cm³/mol. The van der Waals surface area contributed by atoms with Crippen LogP contribution in [0.4, 0.5) is 0 Å². The number of alkyl halides is 1. The van der Waals surface area contributed by atoms with Gasteiger partial charge in [-0.2, -0.15) is 0 Å². The van der Waals surface area contributed by atoms with Gasteiger partial charge >= 0.3 is 11.9 Å². The largest absolute Gasteiger partial charge is 0.478 e. The Balaban J connectivity index is 4.91. The Morgan fingerprint density at radius 2 is 1.83 bits per heavy atom. The van der Waals surface area contributed by atoms with E-state index in [9.17, 15) is 19.8 Å². The van der Waals surface area contributed by atoms with Crippen LogP contribution in [0.2, 0.25) is 0 Å². The number of carboxylic acid groups (broad SMARTS) is 2. The zero-order valence-corrected chi connectivity index (χ0v) is 14.5. The summed E-state index contributed by atoms with van der Waals surface area (Å²) in [4.78, 5) is 21.5. The molecule has 24 heavy (non-hydrogen) atoms. The molecule has 0 amide bonds. The first-order valence-corrected chi connectivity index (χ1v) is 8.16. The van der Waals surface area contributed by atoms with E-state index in [-0.39, 0.29) is 11.1 Å². The number of carbonyl (C=O) groups is 2. The van der Waals surface area contributed by atoms with E-state index >= 15 is 0 Å². The summed E-state index contributed by atoms with van der Waals surface area (Å²) in [5.41, 5.74) is -0.0693. The predicted octanol–water partition coefficient (Wildman–Crippen LogP) is 2.70. The molecule has 0 aliphatic carbocycles. The number of carboxylic acids is 2. The Bertz CT molecular complexity index is 507. The van der Waals surface area contributed by atoms with Crippen molar-refractivity contribution >= 4 is 23.5 Å². The number of hydrogen-bond acceptors (Lipinski definition) is 4. The van der Waals surface area contributed by atoms with Crippen molar-refractivity contribution in [2.75, 3.05) is 5.88 Å². The molecule has 1 unspecified atom stereocenters. The molecular formula is C17H25ClO6. The van der Waals surface area contributed by atoms with Crippen LogP contribution in [0.3, 0.4) is 0 Å². The zero-order valence-electron chi connectivity index (χ0n) is 13.7. The van der Waals surface area contributed by atoms with Crippen LogP contribution in [0.15, 0.2) is 36.0 Å². The number of allylic oxidation sites excluding steroid dienone is 1. The van der Waals surface area contributed by atoms with Gasteiger partial charge in [-0.05, 0) is 38.7 Å². The Kier molecular flexibility index (Phi) is 10.3. The summed E-state index contributed by atoms with van der Waals surface area (Å²) in [7, 11) is 0. The quantitative estimate of drug-likeness (QED) is 0.140. The summed E-state index contributed by atoms with van der Waals surface area (Å²) >= 11 is 5.59. The van der Waals surface area contributed by atoms with E-state index in [0.29, 0.717) is 38.0 Å². The van der Waals surface area contributed by atoms with Crippen molar-refractivity contribution < 1.29 is 30.0 Å². The Morgan fingerprint density at radius 1 is 1.21 bits per heavy atom. The van der Waals surface area contributed by atoms with Crippen LogP contribution in [0.5, 0.6) is 0 Å². The van der Waals surface area contributed by atoms with Crippen LogP contribution < -0.4 is 0 Å². The van der Waals surface area contributed by atoms with Crippen LogP contribution in [-0.4, -0.2) is 44.0 Å². The molecule has 0 fully saturated rings. The lowest BCUT2D eigenvalue weighted by Gasteiger charge is -2.27. The lowest BCUT2D eigenvalue weighted by atomic mass is 9.90. The molecule has 0 bridgehead atoms. The molecule has 0 heterocycles. The Hall–Kier alpha value is -1.63. The molecule has 0 aliphatic rings. The van der Waals surface area contributed by atoms with E-state index in [2.05, 4.69) is 6.58 Å². The molecule has 0 radical (unpaired) electrons. The molecular weight excluding hydrogens is 336 g/mol. The van der Waals surface area contributed by atoms with Crippen molar-refractivity contribution in [3.8, 4) is 0 Å². The van der Waals surface area contributed by atoms with E-state index in [1.807, 2.05) is 0 Å². The second-order valence-corrected chi connectivity index (χ2v) is 5.96. The van der Waals surface area contributed by atoms with Crippen molar-refractivity contribution in [2.45, 2.75) is 44.8 Å². The van der Waals surface area contributed by atoms with E-state index in [4.69, 9.17) is 21.8 Å².